The summed E-state index contributed by atoms with van der Waals surface area (Å²) in [5.41, 5.74) is 1.03. The molecule has 1 aromatic rings. The fourth-order valence-electron chi connectivity index (χ4n) is 2.96. The van der Waals surface area contributed by atoms with Crippen LogP contribution in [0.3, 0.4) is 0 Å². The fraction of sp³-hybridized carbons (Fsp3) is 0.562. The summed E-state index contributed by atoms with van der Waals surface area (Å²) in [5, 5.41) is 15.9. The number of carbonyl (C=O) groups is 1. The molecule has 20 heavy (non-hydrogen) atoms. The first-order valence-electron chi connectivity index (χ1n) is 7.41. The van der Waals surface area contributed by atoms with Gasteiger partial charge >= 0.3 is 0 Å². The summed E-state index contributed by atoms with van der Waals surface area (Å²) in [6.45, 7) is 1.99. The molecule has 3 N–H and O–H groups in total. The number of rotatable bonds is 5. The summed E-state index contributed by atoms with van der Waals surface area (Å²) in [5.74, 6) is 0.298. The Kier molecular flexibility index (Phi) is 3.76. The molecule has 1 heterocycles. The van der Waals surface area contributed by atoms with Crippen LogP contribution in [0.25, 0.3) is 0 Å². The van der Waals surface area contributed by atoms with Gasteiger partial charge in [0, 0.05) is 25.6 Å². The molecule has 1 saturated carbocycles. The van der Waals surface area contributed by atoms with Crippen LogP contribution < -0.4 is 10.6 Å². The number of aliphatic hydroxyl groups is 1. The van der Waals surface area contributed by atoms with E-state index < -0.39 is 0 Å². The third kappa shape index (κ3) is 2.86. The largest absolute Gasteiger partial charge is 0.391 e. The molecule has 1 aromatic carbocycles. The Morgan fingerprint density at radius 2 is 2.05 bits per heavy atom. The molecule has 108 valence electrons. The lowest BCUT2D eigenvalue weighted by Gasteiger charge is -2.19. The number of hydrogen-bond acceptors (Lipinski definition) is 3. The minimum Gasteiger partial charge on any atom is -0.391 e. The Labute approximate surface area is 119 Å². The topological polar surface area (TPSA) is 61.4 Å². The van der Waals surface area contributed by atoms with Crippen molar-refractivity contribution in [2.75, 3.05) is 19.6 Å². The van der Waals surface area contributed by atoms with Crippen LogP contribution in [0.5, 0.6) is 0 Å². The van der Waals surface area contributed by atoms with Crippen LogP contribution in [0.15, 0.2) is 30.3 Å². The van der Waals surface area contributed by atoms with Crippen LogP contribution in [-0.2, 0) is 11.2 Å². The van der Waals surface area contributed by atoms with E-state index in [9.17, 15) is 9.90 Å². The molecule has 2 atom stereocenters. The van der Waals surface area contributed by atoms with Crippen LogP contribution in [-0.4, -0.2) is 36.8 Å². The van der Waals surface area contributed by atoms with Gasteiger partial charge in [0.05, 0.1) is 11.5 Å². The second-order valence-electron chi connectivity index (χ2n) is 6.14. The summed E-state index contributed by atoms with van der Waals surface area (Å²) in [6.07, 6.45) is 2.43. The van der Waals surface area contributed by atoms with Crippen molar-refractivity contribution in [3.63, 3.8) is 0 Å². The molecule has 2 unspecified atom stereocenters. The van der Waals surface area contributed by atoms with Gasteiger partial charge in [0.2, 0.25) is 5.91 Å². The predicted molar refractivity (Wildman–Crippen MR) is 77.2 cm³/mol. The smallest absolute Gasteiger partial charge is 0.226 e. The van der Waals surface area contributed by atoms with Gasteiger partial charge in [0.1, 0.15) is 0 Å². The standard InChI is InChI=1S/C16H22N2O2/c19-14-11-17-9-13(14)10-18-15(20)16(6-7-16)8-12-4-2-1-3-5-12/h1-5,13-14,17,19H,6-11H2,(H,18,20). The molecule has 0 aromatic heterocycles. The highest BCUT2D eigenvalue weighted by molar-refractivity contribution is 5.85. The second kappa shape index (κ2) is 5.54. The van der Waals surface area contributed by atoms with Crippen molar-refractivity contribution < 1.29 is 9.90 Å². The first kappa shape index (κ1) is 13.6. The average molecular weight is 274 g/mol. The van der Waals surface area contributed by atoms with E-state index in [1.165, 1.54) is 5.56 Å². The first-order valence-corrected chi connectivity index (χ1v) is 7.41. The van der Waals surface area contributed by atoms with Crippen LogP contribution in [0.2, 0.25) is 0 Å². The maximum atomic E-state index is 12.4. The van der Waals surface area contributed by atoms with Gasteiger partial charge in [-0.3, -0.25) is 4.79 Å². The minimum atomic E-state index is -0.334. The number of hydrogen-bond donors (Lipinski definition) is 3. The molecule has 4 nitrogen and oxygen atoms in total. The average Bonchev–Trinajstić information content (AvgIpc) is 3.13. The number of amides is 1. The van der Waals surface area contributed by atoms with Crippen molar-refractivity contribution >= 4 is 5.91 Å². The highest BCUT2D eigenvalue weighted by atomic mass is 16.3. The van der Waals surface area contributed by atoms with E-state index in [1.54, 1.807) is 0 Å². The third-order valence-electron chi connectivity index (χ3n) is 4.55. The van der Waals surface area contributed by atoms with Crippen LogP contribution in [0.1, 0.15) is 18.4 Å². The molecule has 1 aliphatic heterocycles. The zero-order chi connectivity index (χ0) is 14.0. The predicted octanol–water partition coefficient (Wildman–Crippen LogP) is 0.706. The summed E-state index contributed by atoms with van der Waals surface area (Å²) < 4.78 is 0. The summed E-state index contributed by atoms with van der Waals surface area (Å²) >= 11 is 0. The van der Waals surface area contributed by atoms with Crippen molar-refractivity contribution in [3.05, 3.63) is 35.9 Å². The molecule has 0 spiro atoms. The van der Waals surface area contributed by atoms with E-state index in [1.807, 2.05) is 18.2 Å². The number of nitrogens with one attached hydrogen (secondary N) is 2. The lowest BCUT2D eigenvalue weighted by atomic mass is 9.95. The van der Waals surface area contributed by atoms with Gasteiger partial charge < -0.3 is 15.7 Å². The Morgan fingerprint density at radius 1 is 1.30 bits per heavy atom. The molecule has 1 aliphatic carbocycles. The fourth-order valence-corrected chi connectivity index (χ4v) is 2.96. The number of carbonyl (C=O) groups excluding carboxylic acids is 1. The summed E-state index contributed by atoms with van der Waals surface area (Å²) in [6, 6.07) is 10.2. The lowest BCUT2D eigenvalue weighted by Crippen LogP contribution is -2.39. The van der Waals surface area contributed by atoms with Crippen molar-refractivity contribution in [2.45, 2.75) is 25.4 Å². The molecular formula is C16H22N2O2. The van der Waals surface area contributed by atoms with Crippen molar-refractivity contribution in [3.8, 4) is 0 Å². The van der Waals surface area contributed by atoms with Gasteiger partial charge in [-0.25, -0.2) is 0 Å². The van der Waals surface area contributed by atoms with Crippen LogP contribution >= 0.6 is 0 Å². The van der Waals surface area contributed by atoms with E-state index in [-0.39, 0.29) is 23.3 Å². The van der Waals surface area contributed by atoms with Crippen LogP contribution in [0.4, 0.5) is 0 Å². The third-order valence-corrected chi connectivity index (χ3v) is 4.55. The quantitative estimate of drug-likeness (QED) is 0.741. The zero-order valence-electron chi connectivity index (χ0n) is 11.6. The van der Waals surface area contributed by atoms with E-state index in [2.05, 4.69) is 22.8 Å². The zero-order valence-corrected chi connectivity index (χ0v) is 11.6. The molecule has 2 aliphatic rings. The van der Waals surface area contributed by atoms with Gasteiger partial charge in [0.25, 0.3) is 0 Å². The Bertz CT molecular complexity index is 471. The molecule has 4 heteroatoms. The van der Waals surface area contributed by atoms with Gasteiger partial charge in [-0.1, -0.05) is 30.3 Å². The molecule has 0 radical (unpaired) electrons. The first-order chi connectivity index (χ1) is 9.70. The van der Waals surface area contributed by atoms with Crippen LogP contribution in [0, 0.1) is 11.3 Å². The minimum absolute atomic E-state index is 0.145. The highest BCUT2D eigenvalue weighted by Gasteiger charge is 2.49. The van der Waals surface area contributed by atoms with Gasteiger partial charge in [-0.2, -0.15) is 0 Å². The van der Waals surface area contributed by atoms with Gasteiger partial charge in [-0.05, 0) is 24.8 Å². The SMILES string of the molecule is O=C(NCC1CNCC1O)C1(Cc2ccccc2)CC1. The molecule has 0 bridgehead atoms. The molecule has 3 rings (SSSR count). The van der Waals surface area contributed by atoms with Crippen molar-refractivity contribution in [2.24, 2.45) is 11.3 Å². The van der Waals surface area contributed by atoms with Gasteiger partial charge in [0.15, 0.2) is 0 Å². The van der Waals surface area contributed by atoms with Gasteiger partial charge in [-0.15, -0.1) is 0 Å². The molecular weight excluding hydrogens is 252 g/mol. The maximum Gasteiger partial charge on any atom is 0.226 e. The summed E-state index contributed by atoms with van der Waals surface area (Å²) in [7, 11) is 0. The molecule has 1 saturated heterocycles. The monoisotopic (exact) mass is 274 g/mol. The van der Waals surface area contributed by atoms with E-state index in [0.29, 0.717) is 13.1 Å². The Hall–Kier alpha value is -1.39. The lowest BCUT2D eigenvalue weighted by molar-refractivity contribution is -0.126. The normalized spacial score (nSPS) is 27.2. The van der Waals surface area contributed by atoms with E-state index in [4.69, 9.17) is 0 Å². The Balaban J connectivity index is 1.54. The number of β-amino-alcohol motifs (C(OH)–C–C–N with tert-alkyl or cyclic N) is 1. The van der Waals surface area contributed by atoms with Crippen molar-refractivity contribution in [1.29, 1.82) is 0 Å². The Morgan fingerprint density at radius 3 is 2.65 bits per heavy atom. The summed E-state index contributed by atoms with van der Waals surface area (Å²) in [4.78, 5) is 12.4. The maximum absolute atomic E-state index is 12.4. The highest BCUT2D eigenvalue weighted by Crippen LogP contribution is 2.48. The number of benzene rings is 1. The number of aliphatic hydroxyl groups excluding tert-OH is 1. The molecule has 1 amide bonds. The van der Waals surface area contributed by atoms with E-state index >= 15 is 0 Å². The van der Waals surface area contributed by atoms with Crippen molar-refractivity contribution in [1.82, 2.24) is 10.6 Å². The molecule has 2 fully saturated rings. The van der Waals surface area contributed by atoms with E-state index in [0.717, 1.165) is 25.8 Å². The second-order valence-corrected chi connectivity index (χ2v) is 6.14.